The van der Waals surface area contributed by atoms with Crippen LogP contribution in [0.1, 0.15) is 57.2 Å². The van der Waals surface area contributed by atoms with Crippen LogP contribution in [0.5, 0.6) is 5.75 Å². The fourth-order valence-electron chi connectivity index (χ4n) is 5.30. The van der Waals surface area contributed by atoms with Crippen LogP contribution < -0.4 is 10.4 Å². The zero-order valence-corrected chi connectivity index (χ0v) is 22.8. The third-order valence-electron chi connectivity index (χ3n) is 7.71. The molecule has 1 aliphatic rings. The number of hydrogen-bond donors (Lipinski definition) is 1. The maximum absolute atomic E-state index is 13.4. The summed E-state index contributed by atoms with van der Waals surface area (Å²) in [6.45, 7) is 12.7. The van der Waals surface area contributed by atoms with Crippen LogP contribution in [0.4, 0.5) is 0 Å². The van der Waals surface area contributed by atoms with E-state index in [1.165, 1.54) is 12.5 Å². The first kappa shape index (κ1) is 27.1. The molecule has 0 amide bonds. The molecule has 2 heterocycles. The van der Waals surface area contributed by atoms with Gasteiger partial charge in [0.2, 0.25) is 0 Å². The van der Waals surface area contributed by atoms with Crippen molar-refractivity contribution in [2.24, 2.45) is 5.92 Å². The van der Waals surface area contributed by atoms with Crippen LogP contribution in [-0.4, -0.2) is 56.8 Å². The minimum atomic E-state index is -1.18. The molecule has 1 fully saturated rings. The molecule has 2 atom stereocenters. The molecular formula is C30H41N3O4. The normalized spacial score (nSPS) is 16.8. The highest BCUT2D eigenvalue weighted by Gasteiger charge is 2.27. The van der Waals surface area contributed by atoms with Gasteiger partial charge in [-0.25, -0.2) is 4.79 Å². The second-order valence-electron chi connectivity index (χ2n) is 10.9. The van der Waals surface area contributed by atoms with Crippen LogP contribution in [0.2, 0.25) is 0 Å². The van der Waals surface area contributed by atoms with Gasteiger partial charge in [-0.3, -0.25) is 13.9 Å². The largest absolute Gasteiger partial charge is 0.490 e. The minimum Gasteiger partial charge on any atom is -0.490 e. The van der Waals surface area contributed by atoms with Crippen molar-refractivity contribution >= 4 is 16.8 Å². The van der Waals surface area contributed by atoms with E-state index >= 15 is 0 Å². The Hall–Kier alpha value is -2.90. The molecule has 0 radical (unpaired) electrons. The number of Topliss-reactive ketones (excluding diaryl/α,β-unsaturated/α-hetero) is 1. The Morgan fingerprint density at radius 1 is 1.08 bits per heavy atom. The molecule has 200 valence electrons. The van der Waals surface area contributed by atoms with E-state index in [0.29, 0.717) is 5.92 Å². The summed E-state index contributed by atoms with van der Waals surface area (Å²) in [5.41, 5.74) is 3.85. The van der Waals surface area contributed by atoms with Crippen LogP contribution in [-0.2, 0) is 11.3 Å². The number of rotatable bonds is 10. The summed E-state index contributed by atoms with van der Waals surface area (Å²) in [5.74, 6) is 1.05. The van der Waals surface area contributed by atoms with Gasteiger partial charge in [-0.1, -0.05) is 38.1 Å². The number of ether oxygens (including phenoxy) is 1. The molecule has 1 saturated heterocycles. The summed E-state index contributed by atoms with van der Waals surface area (Å²) in [5, 5.41) is 10.1. The Morgan fingerprint density at radius 2 is 1.76 bits per heavy atom. The van der Waals surface area contributed by atoms with Gasteiger partial charge in [-0.15, -0.1) is 0 Å². The van der Waals surface area contributed by atoms with E-state index in [0.717, 1.165) is 61.2 Å². The average molecular weight is 508 g/mol. The Bertz CT molecular complexity index is 1280. The zero-order chi connectivity index (χ0) is 26.7. The monoisotopic (exact) mass is 507 g/mol. The quantitative estimate of drug-likeness (QED) is 0.437. The molecule has 0 saturated carbocycles. The lowest BCUT2D eigenvalue weighted by molar-refractivity contribution is -0.125. The number of para-hydroxylation sites is 2. The molecule has 0 bridgehead atoms. The van der Waals surface area contributed by atoms with Crippen molar-refractivity contribution in [2.45, 2.75) is 78.7 Å². The smallest absolute Gasteiger partial charge is 0.329 e. The topological polar surface area (TPSA) is 76.7 Å². The molecular weight excluding hydrogens is 466 g/mol. The molecule has 7 heteroatoms. The van der Waals surface area contributed by atoms with Crippen LogP contribution in [0.15, 0.2) is 47.3 Å². The predicted molar refractivity (Wildman–Crippen MR) is 147 cm³/mol. The number of carbonyl (C=O) groups excluding carboxylic acids is 1. The Morgan fingerprint density at radius 3 is 2.41 bits per heavy atom. The number of piperidine rings is 1. The lowest BCUT2D eigenvalue weighted by atomic mass is 10.0. The lowest BCUT2D eigenvalue weighted by Gasteiger charge is -2.34. The molecule has 0 spiro atoms. The maximum Gasteiger partial charge on any atom is 0.329 e. The van der Waals surface area contributed by atoms with E-state index in [4.69, 9.17) is 4.74 Å². The first-order chi connectivity index (χ1) is 17.7. The van der Waals surface area contributed by atoms with Crippen molar-refractivity contribution in [2.75, 3.05) is 19.6 Å². The van der Waals surface area contributed by atoms with Crippen molar-refractivity contribution in [3.63, 3.8) is 0 Å². The highest BCUT2D eigenvalue weighted by Crippen LogP contribution is 2.28. The van der Waals surface area contributed by atoms with Gasteiger partial charge in [0.15, 0.2) is 5.78 Å². The lowest BCUT2D eigenvalue weighted by Crippen LogP contribution is -2.40. The second-order valence-corrected chi connectivity index (χ2v) is 10.9. The molecule has 2 unspecified atom stereocenters. The number of fused-ring (bicyclic) bond motifs is 1. The number of benzene rings is 2. The molecule has 7 nitrogen and oxygen atoms in total. The Labute approximate surface area is 219 Å². The zero-order valence-electron chi connectivity index (χ0n) is 22.8. The van der Waals surface area contributed by atoms with Gasteiger partial charge in [0, 0.05) is 25.7 Å². The Kier molecular flexibility index (Phi) is 8.55. The van der Waals surface area contributed by atoms with Gasteiger partial charge < -0.3 is 14.7 Å². The number of nitrogens with zero attached hydrogens (tertiary/aromatic N) is 3. The number of imidazole rings is 1. The summed E-state index contributed by atoms with van der Waals surface area (Å²) in [7, 11) is 0. The van der Waals surface area contributed by atoms with Crippen LogP contribution in [0, 0.1) is 19.8 Å². The van der Waals surface area contributed by atoms with Crippen LogP contribution in [0.3, 0.4) is 0 Å². The number of ketones is 1. The van der Waals surface area contributed by atoms with Gasteiger partial charge in [0.1, 0.15) is 18.0 Å². The fourth-order valence-corrected chi connectivity index (χ4v) is 5.30. The minimum absolute atomic E-state index is 0.0163. The maximum atomic E-state index is 13.4. The molecule has 2 aromatic carbocycles. The number of likely N-dealkylation sites (tertiary alicyclic amines) is 1. The molecule has 1 aromatic heterocycles. The van der Waals surface area contributed by atoms with Crippen molar-refractivity contribution < 1.29 is 14.6 Å². The summed E-state index contributed by atoms with van der Waals surface area (Å²) in [6.07, 6.45) is 1.68. The average Bonchev–Trinajstić information content (AvgIpc) is 3.15. The van der Waals surface area contributed by atoms with E-state index < -0.39 is 6.10 Å². The number of aryl methyl sites for hydroxylation is 2. The number of aliphatic hydroxyl groups is 1. The van der Waals surface area contributed by atoms with Gasteiger partial charge in [0.05, 0.1) is 17.6 Å². The number of hydrogen-bond acceptors (Lipinski definition) is 5. The first-order valence-electron chi connectivity index (χ1n) is 13.5. The van der Waals surface area contributed by atoms with Crippen molar-refractivity contribution in [1.29, 1.82) is 0 Å². The summed E-state index contributed by atoms with van der Waals surface area (Å²) < 4.78 is 9.89. The van der Waals surface area contributed by atoms with Crippen molar-refractivity contribution in [3.05, 3.63) is 64.1 Å². The van der Waals surface area contributed by atoms with E-state index in [9.17, 15) is 14.7 Å². The van der Waals surface area contributed by atoms with E-state index in [2.05, 4.69) is 50.8 Å². The van der Waals surface area contributed by atoms with Crippen LogP contribution >= 0.6 is 0 Å². The third-order valence-corrected chi connectivity index (χ3v) is 7.71. The summed E-state index contributed by atoms with van der Waals surface area (Å²) in [4.78, 5) is 27.5. The van der Waals surface area contributed by atoms with Crippen molar-refractivity contribution in [3.8, 4) is 5.75 Å². The molecule has 1 aliphatic heterocycles. The van der Waals surface area contributed by atoms with Gasteiger partial charge in [0.25, 0.3) is 0 Å². The number of carbonyl (C=O) groups is 1. The second kappa shape index (κ2) is 11.7. The highest BCUT2D eigenvalue weighted by molar-refractivity contribution is 5.81. The van der Waals surface area contributed by atoms with Gasteiger partial charge in [-0.05, 0) is 75.3 Å². The van der Waals surface area contributed by atoms with Gasteiger partial charge in [-0.2, -0.15) is 0 Å². The van der Waals surface area contributed by atoms with E-state index in [1.54, 1.807) is 4.57 Å². The number of aromatic nitrogens is 2. The predicted octanol–water partition coefficient (Wildman–Crippen LogP) is 4.50. The van der Waals surface area contributed by atoms with Gasteiger partial charge >= 0.3 is 5.69 Å². The fraction of sp³-hybridized carbons (Fsp3) is 0.533. The molecule has 4 rings (SSSR count). The molecule has 37 heavy (non-hydrogen) atoms. The first-order valence-corrected chi connectivity index (χ1v) is 13.5. The standard InChI is InChI=1S/C30H41N3O4/c1-20(2)28(37-29-18-21(3)10-11-22(29)4)14-17-31-15-12-24(13-16-31)33-26-9-7-6-8-25(26)32(30(33)36)19-27(35)23(5)34/h6-11,18,20,24,27-28,35H,12-17,19H2,1-5H3. The summed E-state index contributed by atoms with van der Waals surface area (Å²) in [6, 6.07) is 14.1. The van der Waals surface area contributed by atoms with E-state index in [-0.39, 0.29) is 30.2 Å². The highest BCUT2D eigenvalue weighted by atomic mass is 16.5. The molecule has 0 aliphatic carbocycles. The SMILES string of the molecule is CC(=O)C(O)Cn1c(=O)n(C2CCN(CCC(Oc3cc(C)ccc3C)C(C)C)CC2)c2ccccc21. The number of aliphatic hydroxyl groups excluding tert-OH is 1. The molecule has 3 aromatic rings. The van der Waals surface area contributed by atoms with E-state index in [1.807, 2.05) is 28.8 Å². The Balaban J connectivity index is 1.42. The summed E-state index contributed by atoms with van der Waals surface area (Å²) >= 11 is 0. The van der Waals surface area contributed by atoms with Crippen molar-refractivity contribution in [1.82, 2.24) is 14.0 Å². The molecule has 1 N–H and O–H groups in total. The van der Waals surface area contributed by atoms with Crippen LogP contribution in [0.25, 0.3) is 11.0 Å². The third kappa shape index (κ3) is 6.16.